The molecule has 1 saturated heterocycles. The molecule has 0 radical (unpaired) electrons. The monoisotopic (exact) mass is 198 g/mol. The number of carboxylic acids is 1. The van der Waals surface area contributed by atoms with Crippen LogP contribution in [-0.2, 0) is 0 Å². The van der Waals surface area contributed by atoms with E-state index in [0.717, 1.165) is 19.4 Å². The maximum atomic E-state index is 11.1. The third kappa shape index (κ3) is 1.33. The van der Waals surface area contributed by atoms with Gasteiger partial charge in [0, 0.05) is 0 Å². The molecule has 14 heavy (non-hydrogen) atoms. The van der Waals surface area contributed by atoms with Gasteiger partial charge in [-0.2, -0.15) is 5.16 Å². The summed E-state index contributed by atoms with van der Waals surface area (Å²) < 4.78 is 4.86. The van der Waals surface area contributed by atoms with E-state index in [4.69, 9.17) is 9.63 Å². The predicted octanol–water partition coefficient (Wildman–Crippen LogP) is 0.0906. The van der Waals surface area contributed by atoms with Crippen LogP contribution in [0.2, 0.25) is 0 Å². The summed E-state index contributed by atoms with van der Waals surface area (Å²) >= 11 is 0. The van der Waals surface area contributed by atoms with Gasteiger partial charge in [-0.1, -0.05) is 0 Å². The van der Waals surface area contributed by atoms with E-state index in [1.807, 2.05) is 5.16 Å². The Morgan fingerprint density at radius 2 is 2.36 bits per heavy atom. The second-order valence-corrected chi connectivity index (χ2v) is 3.23. The molecule has 2 rings (SSSR count). The molecule has 0 saturated carbocycles. The zero-order valence-corrected chi connectivity index (χ0v) is 7.37. The van der Waals surface area contributed by atoms with Crippen molar-refractivity contribution in [1.82, 2.24) is 10.5 Å². The van der Waals surface area contributed by atoms with Crippen molar-refractivity contribution in [3.63, 3.8) is 0 Å². The summed E-state index contributed by atoms with van der Waals surface area (Å²) in [5.74, 6) is -1.04. The van der Waals surface area contributed by atoms with Crippen LogP contribution >= 0.6 is 0 Å². The number of H-pyrrole nitrogens is 1. The van der Waals surface area contributed by atoms with E-state index >= 15 is 0 Å². The van der Waals surface area contributed by atoms with Crippen molar-refractivity contribution < 1.29 is 14.4 Å². The van der Waals surface area contributed by atoms with E-state index in [2.05, 4.69) is 5.32 Å². The Morgan fingerprint density at radius 1 is 1.57 bits per heavy atom. The Labute approximate surface area is 78.9 Å². The molecule has 0 aromatic carbocycles. The first-order valence-corrected chi connectivity index (χ1v) is 4.38. The summed E-state index contributed by atoms with van der Waals surface area (Å²) in [5, 5.41) is 13.9. The van der Waals surface area contributed by atoms with Crippen molar-refractivity contribution in [2.24, 2.45) is 0 Å². The molecule has 1 aromatic heterocycles. The summed E-state index contributed by atoms with van der Waals surface area (Å²) in [6.45, 7) is 0.818. The van der Waals surface area contributed by atoms with Crippen LogP contribution in [0.25, 0.3) is 0 Å². The normalized spacial score (nSPS) is 21.3. The fraction of sp³-hybridized carbons (Fsp3) is 0.500. The number of aromatic nitrogens is 1. The first-order valence-electron chi connectivity index (χ1n) is 4.38. The molecule has 1 fully saturated rings. The Balaban J connectivity index is 2.42. The number of aromatic amines is 1. The van der Waals surface area contributed by atoms with Gasteiger partial charge in [-0.25, -0.2) is 4.79 Å². The second kappa shape index (κ2) is 3.30. The van der Waals surface area contributed by atoms with Crippen LogP contribution in [0, 0.1) is 0 Å². The molecule has 0 bridgehead atoms. The molecule has 1 aromatic rings. The number of hydrogen-bond acceptors (Lipinski definition) is 4. The number of carbonyl (C=O) groups is 1. The van der Waals surface area contributed by atoms with E-state index < -0.39 is 11.5 Å². The van der Waals surface area contributed by atoms with Crippen molar-refractivity contribution in [1.29, 1.82) is 0 Å². The second-order valence-electron chi connectivity index (χ2n) is 3.23. The highest BCUT2D eigenvalue weighted by Gasteiger charge is 2.28. The number of carboxylic acid groups (broad SMARTS) is 1. The number of aromatic carboxylic acids is 1. The molecule has 0 unspecified atom stereocenters. The molecular formula is C8H10N2O4. The van der Waals surface area contributed by atoms with Gasteiger partial charge in [-0.3, -0.25) is 4.79 Å². The Kier molecular flexibility index (Phi) is 2.12. The van der Waals surface area contributed by atoms with Gasteiger partial charge < -0.3 is 14.9 Å². The minimum absolute atomic E-state index is 0.153. The fourth-order valence-corrected chi connectivity index (χ4v) is 1.67. The topological polar surface area (TPSA) is 95.3 Å². The number of rotatable bonds is 2. The van der Waals surface area contributed by atoms with E-state index in [9.17, 15) is 9.59 Å². The molecular weight excluding hydrogens is 188 g/mol. The minimum Gasteiger partial charge on any atom is -0.477 e. The molecule has 0 spiro atoms. The minimum atomic E-state index is -1.25. The highest BCUT2D eigenvalue weighted by Crippen LogP contribution is 2.24. The first-order chi connectivity index (χ1) is 6.70. The summed E-state index contributed by atoms with van der Waals surface area (Å²) in [6.07, 6.45) is 1.75. The predicted molar refractivity (Wildman–Crippen MR) is 46.3 cm³/mol. The van der Waals surface area contributed by atoms with Crippen molar-refractivity contribution in [3.8, 4) is 0 Å². The Bertz CT molecular complexity index is 400. The Hall–Kier alpha value is -1.56. The van der Waals surface area contributed by atoms with Crippen LogP contribution < -0.4 is 10.9 Å². The average molecular weight is 198 g/mol. The summed E-state index contributed by atoms with van der Waals surface area (Å²) in [7, 11) is 0. The molecule has 0 aliphatic carbocycles. The van der Waals surface area contributed by atoms with Gasteiger partial charge >= 0.3 is 5.97 Å². The lowest BCUT2D eigenvalue weighted by Crippen LogP contribution is -2.19. The molecule has 1 aliphatic heterocycles. The van der Waals surface area contributed by atoms with Crippen LogP contribution in [0.1, 0.15) is 35.0 Å². The molecule has 6 heteroatoms. The number of hydrogen-bond donors (Lipinski definition) is 3. The SMILES string of the molecule is O=C(O)c1c([C@@H]2CCCN2)o[nH]c1=O. The van der Waals surface area contributed by atoms with Crippen LogP contribution in [0.3, 0.4) is 0 Å². The summed E-state index contributed by atoms with van der Waals surface area (Å²) in [4.78, 5) is 21.8. The summed E-state index contributed by atoms with van der Waals surface area (Å²) in [6, 6.07) is -0.153. The smallest absolute Gasteiger partial charge is 0.345 e. The van der Waals surface area contributed by atoms with Crippen LogP contribution in [-0.4, -0.2) is 22.8 Å². The van der Waals surface area contributed by atoms with Crippen molar-refractivity contribution >= 4 is 5.97 Å². The van der Waals surface area contributed by atoms with Crippen LogP contribution in [0.5, 0.6) is 0 Å². The van der Waals surface area contributed by atoms with Crippen molar-refractivity contribution in [2.45, 2.75) is 18.9 Å². The van der Waals surface area contributed by atoms with Crippen LogP contribution in [0.4, 0.5) is 0 Å². The zero-order chi connectivity index (χ0) is 10.1. The lowest BCUT2D eigenvalue weighted by Gasteiger charge is -2.05. The molecule has 2 heterocycles. The molecule has 0 amide bonds. The lowest BCUT2D eigenvalue weighted by atomic mass is 10.1. The third-order valence-electron chi connectivity index (χ3n) is 2.32. The first kappa shape index (κ1) is 9.01. The zero-order valence-electron chi connectivity index (χ0n) is 7.37. The highest BCUT2D eigenvalue weighted by molar-refractivity contribution is 5.88. The van der Waals surface area contributed by atoms with Crippen molar-refractivity contribution in [3.05, 3.63) is 21.7 Å². The van der Waals surface area contributed by atoms with Gasteiger partial charge in [-0.05, 0) is 19.4 Å². The quantitative estimate of drug-likeness (QED) is 0.626. The number of nitrogens with one attached hydrogen (secondary N) is 2. The molecule has 3 N–H and O–H groups in total. The molecule has 76 valence electrons. The Morgan fingerprint density at radius 3 is 2.93 bits per heavy atom. The molecule has 1 aliphatic rings. The third-order valence-corrected chi connectivity index (χ3v) is 2.32. The largest absolute Gasteiger partial charge is 0.477 e. The molecule has 1 atom stereocenters. The van der Waals surface area contributed by atoms with E-state index in [1.54, 1.807) is 0 Å². The lowest BCUT2D eigenvalue weighted by molar-refractivity contribution is 0.0692. The van der Waals surface area contributed by atoms with Gasteiger partial charge in [0.05, 0.1) is 6.04 Å². The average Bonchev–Trinajstić information content (AvgIpc) is 2.70. The van der Waals surface area contributed by atoms with Gasteiger partial charge in [0.15, 0.2) is 11.3 Å². The standard InChI is InChI=1S/C8H10N2O4/c11-7-5(8(12)13)6(14-10-7)4-2-1-3-9-4/h4,9H,1-3H2,(H,10,11)(H,12,13)/t4-/m0/s1. The van der Waals surface area contributed by atoms with Gasteiger partial charge in [0.2, 0.25) is 0 Å². The van der Waals surface area contributed by atoms with E-state index in [-0.39, 0.29) is 17.4 Å². The van der Waals surface area contributed by atoms with E-state index in [1.165, 1.54) is 0 Å². The van der Waals surface area contributed by atoms with Crippen LogP contribution in [0.15, 0.2) is 9.32 Å². The van der Waals surface area contributed by atoms with Gasteiger partial charge in [0.25, 0.3) is 5.56 Å². The maximum Gasteiger partial charge on any atom is 0.345 e. The molecule has 6 nitrogen and oxygen atoms in total. The highest BCUT2D eigenvalue weighted by atomic mass is 16.5. The maximum absolute atomic E-state index is 11.1. The van der Waals surface area contributed by atoms with Gasteiger partial charge in [0.1, 0.15) is 0 Å². The fourth-order valence-electron chi connectivity index (χ4n) is 1.67. The van der Waals surface area contributed by atoms with Gasteiger partial charge in [-0.15, -0.1) is 0 Å². The van der Waals surface area contributed by atoms with Crippen molar-refractivity contribution in [2.75, 3.05) is 6.54 Å². The summed E-state index contributed by atoms with van der Waals surface area (Å²) in [5.41, 5.74) is -0.967. The van der Waals surface area contributed by atoms with E-state index in [0.29, 0.717) is 0 Å².